The first kappa shape index (κ1) is 39.1. The van der Waals surface area contributed by atoms with Crippen molar-refractivity contribution in [3.05, 3.63) is 205 Å². The molecule has 4 nitrogen and oxygen atoms in total. The van der Waals surface area contributed by atoms with Crippen LogP contribution in [0, 0.1) is 11.8 Å². The Morgan fingerprint density at radius 1 is 0.429 bits per heavy atom. The van der Waals surface area contributed by atoms with E-state index in [9.17, 15) is 4.57 Å². The van der Waals surface area contributed by atoms with E-state index in [1.165, 1.54) is 58.2 Å². The molecule has 3 unspecified atom stereocenters. The van der Waals surface area contributed by atoms with Gasteiger partial charge in [-0.2, -0.15) is 0 Å². The summed E-state index contributed by atoms with van der Waals surface area (Å²) in [5.41, 5.74) is 12.7. The van der Waals surface area contributed by atoms with Crippen molar-refractivity contribution in [2.75, 3.05) is 13.3 Å². The monoisotopic (exact) mass is 833 g/mol. The van der Waals surface area contributed by atoms with Crippen LogP contribution in [0.4, 0.5) is 0 Å². The van der Waals surface area contributed by atoms with Crippen LogP contribution in [0.25, 0.3) is 78.3 Å². The second-order valence-corrected chi connectivity index (χ2v) is 21.1. The number of fused-ring (bicyclic) bond motifs is 3. The number of rotatable bonds is 9. The van der Waals surface area contributed by atoms with Crippen LogP contribution < -0.4 is 5.30 Å². The molecular weight excluding hydrogens is 786 g/mol. The number of hydrogen-bond acceptors (Lipinski definition) is 4. The summed E-state index contributed by atoms with van der Waals surface area (Å²) in [4.78, 5) is 15.3. The van der Waals surface area contributed by atoms with Gasteiger partial charge in [0, 0.05) is 27.4 Å². The zero-order chi connectivity index (χ0) is 42.5. The Morgan fingerprint density at radius 2 is 0.857 bits per heavy atom. The van der Waals surface area contributed by atoms with Crippen LogP contribution in [0.1, 0.15) is 36.8 Å². The normalized spacial score (nSPS) is 18.2. The zero-order valence-corrected chi connectivity index (χ0v) is 36.5. The van der Waals surface area contributed by atoms with Crippen molar-refractivity contribution >= 4 is 23.2 Å². The highest BCUT2D eigenvalue weighted by molar-refractivity contribution is 7.70. The number of hydrogen-bond donors (Lipinski definition) is 0. The lowest BCUT2D eigenvalue weighted by Gasteiger charge is -2.39. The number of nitrogens with zero attached hydrogens (tertiary/aromatic N) is 3. The van der Waals surface area contributed by atoms with Crippen LogP contribution in [0.3, 0.4) is 0 Å². The fourth-order valence-electron chi connectivity index (χ4n) is 10.8. The second kappa shape index (κ2) is 15.9. The molecule has 8 aromatic carbocycles. The molecule has 0 saturated heterocycles. The van der Waals surface area contributed by atoms with E-state index in [1.807, 2.05) is 37.6 Å². The van der Waals surface area contributed by atoms with Gasteiger partial charge < -0.3 is 4.57 Å². The average Bonchev–Trinajstić information content (AvgIpc) is 3.97. The van der Waals surface area contributed by atoms with Crippen molar-refractivity contribution in [2.45, 2.75) is 31.1 Å². The molecule has 11 rings (SSSR count). The predicted molar refractivity (Wildman–Crippen MR) is 262 cm³/mol. The zero-order valence-electron chi connectivity index (χ0n) is 35.7. The van der Waals surface area contributed by atoms with E-state index in [-0.39, 0.29) is 5.41 Å². The average molecular weight is 834 g/mol. The minimum Gasteiger partial charge on any atom is -0.319 e. The van der Waals surface area contributed by atoms with Crippen molar-refractivity contribution < 1.29 is 4.57 Å². The summed E-state index contributed by atoms with van der Waals surface area (Å²) < 4.78 is 13.2. The van der Waals surface area contributed by atoms with E-state index in [1.54, 1.807) is 0 Å². The lowest BCUT2D eigenvalue weighted by Crippen LogP contribution is -2.34. The fraction of sp³-hybridized carbons (Fsp3) is 0.155. The van der Waals surface area contributed by atoms with E-state index in [4.69, 9.17) is 15.0 Å². The molecule has 3 atom stereocenters. The highest BCUT2D eigenvalue weighted by Crippen LogP contribution is 2.60. The van der Waals surface area contributed by atoms with Crippen molar-refractivity contribution in [3.8, 4) is 67.5 Å². The van der Waals surface area contributed by atoms with E-state index in [2.05, 4.69) is 170 Å². The van der Waals surface area contributed by atoms with Crippen LogP contribution in [-0.2, 0) is 9.98 Å². The molecule has 2 saturated carbocycles. The second-order valence-electron chi connectivity index (χ2n) is 17.9. The maximum absolute atomic E-state index is 13.2. The van der Waals surface area contributed by atoms with E-state index in [0.29, 0.717) is 23.4 Å². The van der Waals surface area contributed by atoms with Gasteiger partial charge in [-0.25, -0.2) is 15.0 Å². The van der Waals surface area contributed by atoms with Crippen LogP contribution in [0.2, 0.25) is 0 Å². The third-order valence-electron chi connectivity index (χ3n) is 13.8. The van der Waals surface area contributed by atoms with Crippen molar-refractivity contribution in [1.82, 2.24) is 15.0 Å². The number of benzene rings is 8. The van der Waals surface area contributed by atoms with Crippen LogP contribution in [0.15, 0.2) is 194 Å². The largest absolute Gasteiger partial charge is 0.319 e. The summed E-state index contributed by atoms with van der Waals surface area (Å²) in [6.45, 7) is 3.72. The molecule has 1 aromatic heterocycles. The molecule has 63 heavy (non-hydrogen) atoms. The summed E-state index contributed by atoms with van der Waals surface area (Å²) >= 11 is 0. The molecule has 0 spiro atoms. The molecule has 2 aliphatic carbocycles. The van der Waals surface area contributed by atoms with Gasteiger partial charge in [-0.1, -0.05) is 201 Å². The van der Waals surface area contributed by atoms with Gasteiger partial charge in [0.05, 0.1) is 0 Å². The van der Waals surface area contributed by atoms with Gasteiger partial charge in [0.15, 0.2) is 17.5 Å². The third-order valence-corrected chi connectivity index (χ3v) is 15.4. The van der Waals surface area contributed by atoms with Crippen LogP contribution >= 0.6 is 7.14 Å². The van der Waals surface area contributed by atoms with Gasteiger partial charge in [-0.3, -0.25) is 0 Å². The summed E-state index contributed by atoms with van der Waals surface area (Å²) in [6, 6.07) is 69.1. The van der Waals surface area contributed by atoms with Crippen LogP contribution in [-0.4, -0.2) is 28.3 Å². The van der Waals surface area contributed by atoms with Gasteiger partial charge in [0.25, 0.3) is 0 Å². The quantitative estimate of drug-likeness (QED) is 0.136. The maximum Gasteiger partial charge on any atom is 0.164 e. The summed E-state index contributed by atoms with van der Waals surface area (Å²) in [7, 11) is -2.44. The first-order valence-corrected chi connectivity index (χ1v) is 24.8. The molecule has 9 aromatic rings. The minimum atomic E-state index is -2.44. The molecule has 0 radical (unpaired) electrons. The lowest BCUT2D eigenvalue weighted by molar-refractivity contribution is 0.320. The highest BCUT2D eigenvalue weighted by atomic mass is 31.2. The van der Waals surface area contributed by atoms with Crippen molar-refractivity contribution in [1.29, 1.82) is 0 Å². The van der Waals surface area contributed by atoms with Gasteiger partial charge >= 0.3 is 0 Å². The summed E-state index contributed by atoms with van der Waals surface area (Å²) in [5.74, 6) is 3.30. The molecule has 2 aliphatic rings. The van der Waals surface area contributed by atoms with Gasteiger partial charge in [-0.15, -0.1) is 0 Å². The predicted octanol–water partition coefficient (Wildman–Crippen LogP) is 14.4. The number of aromatic nitrogens is 3. The maximum atomic E-state index is 13.2. The summed E-state index contributed by atoms with van der Waals surface area (Å²) in [6.07, 6.45) is 5.01. The highest BCUT2D eigenvalue weighted by Gasteiger charge is 2.52. The topological polar surface area (TPSA) is 55.7 Å². The van der Waals surface area contributed by atoms with E-state index in [0.717, 1.165) is 50.7 Å². The smallest absolute Gasteiger partial charge is 0.164 e. The standard InChI is InChI=1S/C58H48N3OP/c1-63(2,62)54-36-35-51(52-19-11-12-20-53(52)54)42-26-31-46(32-27-42)58(38-39-21-30-48(58)37-39)47-33-28-45(29-34-47)57-60-55(43-15-7-4-8-16-43)59-56(61-57)44-24-22-41(23-25-44)50-18-10-9-17-49(50)40-13-5-3-6-14-40/h3-20,22-29,31-36,39,48H,21,30,37-38H2,1-2H3. The lowest BCUT2D eigenvalue weighted by atomic mass is 9.64. The van der Waals surface area contributed by atoms with Gasteiger partial charge in [0.1, 0.15) is 7.14 Å². The molecule has 5 heteroatoms. The van der Waals surface area contributed by atoms with E-state index < -0.39 is 7.14 Å². The third kappa shape index (κ3) is 7.13. The minimum absolute atomic E-state index is 0.0523. The van der Waals surface area contributed by atoms with Gasteiger partial charge in [0.2, 0.25) is 0 Å². The van der Waals surface area contributed by atoms with Crippen molar-refractivity contribution in [2.24, 2.45) is 11.8 Å². The Morgan fingerprint density at radius 3 is 1.38 bits per heavy atom. The molecule has 0 amide bonds. The molecule has 0 N–H and O–H groups in total. The Hall–Kier alpha value is -6.74. The van der Waals surface area contributed by atoms with Crippen LogP contribution in [0.5, 0.6) is 0 Å². The first-order valence-electron chi connectivity index (χ1n) is 22.2. The first-order chi connectivity index (χ1) is 30.8. The molecule has 2 fully saturated rings. The Kier molecular flexibility index (Phi) is 9.86. The van der Waals surface area contributed by atoms with Crippen molar-refractivity contribution in [3.63, 3.8) is 0 Å². The Bertz CT molecular complexity index is 3160. The SMILES string of the molecule is CP(C)(=O)c1ccc(-c2ccc(C3(c4ccc(-c5nc(-c6ccccc6)nc(-c6ccc(-c7ccccc7-c7ccccc7)cc6)n5)cc4)CC4CCC3C4)cc2)c2ccccc12. The Labute approximate surface area is 370 Å². The molecular formula is C58H48N3OP. The van der Waals surface area contributed by atoms with Gasteiger partial charge in [-0.05, 0) is 99.7 Å². The van der Waals surface area contributed by atoms with E-state index >= 15 is 0 Å². The Balaban J connectivity index is 0.943. The molecule has 1 heterocycles. The molecule has 2 bridgehead atoms. The molecule has 306 valence electrons. The summed E-state index contributed by atoms with van der Waals surface area (Å²) in [5, 5.41) is 3.18. The molecule has 0 aliphatic heterocycles. The fourth-order valence-corrected chi connectivity index (χ4v) is 12.0.